The summed E-state index contributed by atoms with van der Waals surface area (Å²) in [4.78, 5) is 0. The average molecular weight is 325 g/mol. The van der Waals surface area contributed by atoms with E-state index in [4.69, 9.17) is 4.74 Å². The monoisotopic (exact) mass is 324 g/mol. The van der Waals surface area contributed by atoms with E-state index in [9.17, 15) is 0 Å². The highest BCUT2D eigenvalue weighted by molar-refractivity contribution is 5.46. The third-order valence-corrected chi connectivity index (χ3v) is 5.46. The standard InChI is InChI=1S/C23H32O/c1-7-14-24-22-13-12-21(16-19(22)6)23(8-2,9-3)20-11-10-17(4)18(5)15-20/h10-13,15-16H,7-9,14H2,1-6H3. The van der Waals surface area contributed by atoms with Crippen molar-refractivity contribution in [1.82, 2.24) is 0 Å². The maximum absolute atomic E-state index is 5.86. The summed E-state index contributed by atoms with van der Waals surface area (Å²) in [6.07, 6.45) is 3.24. The van der Waals surface area contributed by atoms with Crippen LogP contribution < -0.4 is 4.74 Å². The second kappa shape index (κ2) is 7.88. The van der Waals surface area contributed by atoms with Gasteiger partial charge in [-0.15, -0.1) is 0 Å². The van der Waals surface area contributed by atoms with Crippen molar-refractivity contribution in [1.29, 1.82) is 0 Å². The Labute approximate surface area is 148 Å². The summed E-state index contributed by atoms with van der Waals surface area (Å²) in [7, 11) is 0. The minimum Gasteiger partial charge on any atom is -0.493 e. The smallest absolute Gasteiger partial charge is 0.122 e. The van der Waals surface area contributed by atoms with Gasteiger partial charge in [0, 0.05) is 5.41 Å². The van der Waals surface area contributed by atoms with Crippen LogP contribution in [0.4, 0.5) is 0 Å². The number of aryl methyl sites for hydroxylation is 3. The summed E-state index contributed by atoms with van der Waals surface area (Å²) in [5, 5.41) is 0. The molecule has 0 radical (unpaired) electrons. The molecular weight excluding hydrogens is 292 g/mol. The van der Waals surface area contributed by atoms with Crippen molar-refractivity contribution in [3.8, 4) is 5.75 Å². The molecule has 0 aliphatic carbocycles. The zero-order chi connectivity index (χ0) is 17.7. The number of hydrogen-bond donors (Lipinski definition) is 0. The van der Waals surface area contributed by atoms with Crippen LogP contribution in [0.2, 0.25) is 0 Å². The molecule has 0 aromatic heterocycles. The molecule has 0 saturated heterocycles. The third-order valence-electron chi connectivity index (χ3n) is 5.46. The van der Waals surface area contributed by atoms with E-state index in [0.29, 0.717) is 0 Å². The van der Waals surface area contributed by atoms with Gasteiger partial charge in [0.05, 0.1) is 6.61 Å². The Morgan fingerprint density at radius 2 is 1.33 bits per heavy atom. The van der Waals surface area contributed by atoms with Crippen molar-refractivity contribution in [2.45, 2.75) is 66.2 Å². The van der Waals surface area contributed by atoms with E-state index in [1.807, 2.05) is 0 Å². The molecule has 24 heavy (non-hydrogen) atoms. The van der Waals surface area contributed by atoms with Crippen LogP contribution in [0.1, 0.15) is 67.9 Å². The molecule has 0 N–H and O–H groups in total. The first-order chi connectivity index (χ1) is 11.5. The fourth-order valence-corrected chi connectivity index (χ4v) is 3.59. The zero-order valence-corrected chi connectivity index (χ0v) is 16.2. The Kier molecular flexibility index (Phi) is 6.10. The highest BCUT2D eigenvalue weighted by atomic mass is 16.5. The molecule has 2 aromatic carbocycles. The van der Waals surface area contributed by atoms with Crippen LogP contribution in [0, 0.1) is 20.8 Å². The SMILES string of the molecule is CCCOc1ccc(C(CC)(CC)c2ccc(C)c(C)c2)cc1C. The van der Waals surface area contributed by atoms with Crippen molar-refractivity contribution < 1.29 is 4.74 Å². The topological polar surface area (TPSA) is 9.23 Å². The van der Waals surface area contributed by atoms with Crippen LogP contribution >= 0.6 is 0 Å². The van der Waals surface area contributed by atoms with Crippen LogP contribution in [-0.2, 0) is 5.41 Å². The number of benzene rings is 2. The summed E-state index contributed by atoms with van der Waals surface area (Å²) in [6, 6.07) is 13.7. The molecule has 0 unspecified atom stereocenters. The maximum Gasteiger partial charge on any atom is 0.122 e. The van der Waals surface area contributed by atoms with E-state index < -0.39 is 0 Å². The van der Waals surface area contributed by atoms with Gasteiger partial charge in [-0.05, 0) is 73.9 Å². The molecule has 130 valence electrons. The number of ether oxygens (including phenoxy) is 1. The summed E-state index contributed by atoms with van der Waals surface area (Å²) in [5.74, 6) is 1.02. The molecular formula is C23H32O. The normalized spacial score (nSPS) is 11.6. The third kappa shape index (κ3) is 3.50. The molecule has 2 rings (SSSR count). The average Bonchev–Trinajstić information content (AvgIpc) is 2.58. The summed E-state index contributed by atoms with van der Waals surface area (Å²) >= 11 is 0. The molecule has 0 fully saturated rings. The summed E-state index contributed by atoms with van der Waals surface area (Å²) in [6.45, 7) is 14.1. The van der Waals surface area contributed by atoms with Crippen LogP contribution in [0.3, 0.4) is 0 Å². The van der Waals surface area contributed by atoms with Gasteiger partial charge >= 0.3 is 0 Å². The molecule has 0 atom stereocenters. The van der Waals surface area contributed by atoms with Gasteiger partial charge in [-0.2, -0.15) is 0 Å². The lowest BCUT2D eigenvalue weighted by atomic mass is 9.70. The fraction of sp³-hybridized carbons (Fsp3) is 0.478. The van der Waals surface area contributed by atoms with E-state index in [0.717, 1.165) is 31.6 Å². The van der Waals surface area contributed by atoms with Gasteiger partial charge in [-0.25, -0.2) is 0 Å². The van der Waals surface area contributed by atoms with Crippen molar-refractivity contribution in [2.75, 3.05) is 6.61 Å². The number of hydrogen-bond acceptors (Lipinski definition) is 1. The summed E-state index contributed by atoms with van der Waals surface area (Å²) in [5.41, 5.74) is 6.87. The highest BCUT2D eigenvalue weighted by Gasteiger charge is 2.31. The van der Waals surface area contributed by atoms with Crippen molar-refractivity contribution in [2.24, 2.45) is 0 Å². The van der Waals surface area contributed by atoms with Crippen molar-refractivity contribution in [3.63, 3.8) is 0 Å². The second-order valence-electron chi connectivity index (χ2n) is 6.92. The molecule has 1 heteroatoms. The van der Waals surface area contributed by atoms with Gasteiger partial charge < -0.3 is 4.74 Å². The molecule has 0 aliphatic rings. The van der Waals surface area contributed by atoms with E-state index in [1.165, 1.54) is 27.8 Å². The van der Waals surface area contributed by atoms with Gasteiger partial charge in [0.1, 0.15) is 5.75 Å². The quantitative estimate of drug-likeness (QED) is 0.564. The molecule has 0 heterocycles. The van der Waals surface area contributed by atoms with Crippen molar-refractivity contribution in [3.05, 3.63) is 64.2 Å². The van der Waals surface area contributed by atoms with Crippen molar-refractivity contribution >= 4 is 0 Å². The van der Waals surface area contributed by atoms with Gasteiger partial charge in [-0.3, -0.25) is 0 Å². The largest absolute Gasteiger partial charge is 0.493 e. The predicted molar refractivity (Wildman–Crippen MR) is 104 cm³/mol. The van der Waals surface area contributed by atoms with Gasteiger partial charge in [0.2, 0.25) is 0 Å². The van der Waals surface area contributed by atoms with Crippen LogP contribution in [0.5, 0.6) is 5.75 Å². The van der Waals surface area contributed by atoms with Gasteiger partial charge in [-0.1, -0.05) is 51.1 Å². The molecule has 0 aliphatic heterocycles. The lowest BCUT2D eigenvalue weighted by Gasteiger charge is -2.34. The minimum absolute atomic E-state index is 0.0759. The molecule has 0 spiro atoms. The predicted octanol–water partition coefficient (Wildman–Crippen LogP) is 6.51. The Morgan fingerprint density at radius 3 is 1.83 bits per heavy atom. The summed E-state index contributed by atoms with van der Waals surface area (Å²) < 4.78 is 5.86. The highest BCUT2D eigenvalue weighted by Crippen LogP contribution is 2.40. The first-order valence-electron chi connectivity index (χ1n) is 9.30. The molecule has 0 saturated carbocycles. The second-order valence-corrected chi connectivity index (χ2v) is 6.92. The van der Waals surface area contributed by atoms with Crippen LogP contribution in [0.15, 0.2) is 36.4 Å². The lowest BCUT2D eigenvalue weighted by Crippen LogP contribution is -2.26. The van der Waals surface area contributed by atoms with E-state index >= 15 is 0 Å². The first-order valence-corrected chi connectivity index (χ1v) is 9.30. The van der Waals surface area contributed by atoms with E-state index in [-0.39, 0.29) is 5.41 Å². The maximum atomic E-state index is 5.86. The minimum atomic E-state index is 0.0759. The van der Waals surface area contributed by atoms with E-state index in [1.54, 1.807) is 0 Å². The Balaban J connectivity index is 2.49. The van der Waals surface area contributed by atoms with Crippen LogP contribution in [0.25, 0.3) is 0 Å². The molecule has 2 aromatic rings. The Hall–Kier alpha value is -1.76. The molecule has 0 bridgehead atoms. The lowest BCUT2D eigenvalue weighted by molar-refractivity contribution is 0.315. The fourth-order valence-electron chi connectivity index (χ4n) is 3.59. The van der Waals surface area contributed by atoms with Crippen LogP contribution in [-0.4, -0.2) is 6.61 Å². The Morgan fingerprint density at radius 1 is 0.750 bits per heavy atom. The number of rotatable bonds is 7. The molecule has 1 nitrogen and oxygen atoms in total. The Bertz CT molecular complexity index is 680. The first kappa shape index (κ1) is 18.6. The molecule has 0 amide bonds. The van der Waals surface area contributed by atoms with E-state index in [2.05, 4.69) is 77.9 Å². The zero-order valence-electron chi connectivity index (χ0n) is 16.2. The van der Waals surface area contributed by atoms with Gasteiger partial charge in [0.15, 0.2) is 0 Å². The van der Waals surface area contributed by atoms with Gasteiger partial charge in [0.25, 0.3) is 0 Å².